The molecule has 0 unspecified atom stereocenters. The molecule has 0 saturated heterocycles. The standard InChI is InChI=1S/C13H17N3OS/c1-11-9-15-13(17)16(10-11)7-6-14-5-4-12-3-2-8-18-12/h2-3,8-10,14H,4-7H2,1H3. The lowest BCUT2D eigenvalue weighted by Gasteiger charge is -2.06. The van der Waals surface area contributed by atoms with Crippen molar-refractivity contribution in [2.24, 2.45) is 0 Å². The van der Waals surface area contributed by atoms with Crippen LogP contribution in [0.4, 0.5) is 0 Å². The zero-order valence-electron chi connectivity index (χ0n) is 10.4. The summed E-state index contributed by atoms with van der Waals surface area (Å²) in [6, 6.07) is 4.21. The summed E-state index contributed by atoms with van der Waals surface area (Å²) in [5, 5.41) is 5.43. The molecule has 0 atom stereocenters. The van der Waals surface area contributed by atoms with E-state index in [-0.39, 0.29) is 5.69 Å². The van der Waals surface area contributed by atoms with Crippen LogP contribution in [0, 0.1) is 6.92 Å². The van der Waals surface area contributed by atoms with Crippen LogP contribution in [0.25, 0.3) is 0 Å². The molecule has 2 heterocycles. The summed E-state index contributed by atoms with van der Waals surface area (Å²) in [5.41, 5.74) is 0.828. The second-order valence-corrected chi connectivity index (χ2v) is 5.22. The molecule has 0 aliphatic heterocycles. The minimum Gasteiger partial charge on any atom is -0.315 e. The molecule has 0 saturated carbocycles. The second-order valence-electron chi connectivity index (χ2n) is 4.19. The molecule has 5 heteroatoms. The van der Waals surface area contributed by atoms with Crippen molar-refractivity contribution in [2.75, 3.05) is 13.1 Å². The van der Waals surface area contributed by atoms with Crippen LogP contribution in [0.3, 0.4) is 0 Å². The number of nitrogens with one attached hydrogen (secondary N) is 1. The van der Waals surface area contributed by atoms with Gasteiger partial charge >= 0.3 is 5.69 Å². The van der Waals surface area contributed by atoms with Gasteiger partial charge in [-0.25, -0.2) is 9.78 Å². The van der Waals surface area contributed by atoms with Crippen molar-refractivity contribution in [2.45, 2.75) is 19.9 Å². The van der Waals surface area contributed by atoms with Gasteiger partial charge in [-0.05, 0) is 30.4 Å². The minimum absolute atomic E-state index is 0.180. The van der Waals surface area contributed by atoms with E-state index < -0.39 is 0 Å². The maximum absolute atomic E-state index is 11.4. The van der Waals surface area contributed by atoms with E-state index in [1.807, 2.05) is 13.1 Å². The second kappa shape index (κ2) is 6.47. The van der Waals surface area contributed by atoms with Gasteiger partial charge in [-0.3, -0.25) is 4.57 Å². The van der Waals surface area contributed by atoms with Gasteiger partial charge in [0.1, 0.15) is 0 Å². The molecule has 2 aromatic heterocycles. The molecule has 0 aliphatic carbocycles. The Hall–Kier alpha value is -1.46. The third kappa shape index (κ3) is 3.78. The Bertz CT molecular complexity index is 533. The molecule has 4 nitrogen and oxygen atoms in total. The number of rotatable bonds is 6. The van der Waals surface area contributed by atoms with Gasteiger partial charge in [-0.15, -0.1) is 11.3 Å². The molecule has 0 amide bonds. The zero-order valence-corrected chi connectivity index (χ0v) is 11.2. The van der Waals surface area contributed by atoms with Crippen molar-refractivity contribution >= 4 is 11.3 Å². The molecule has 0 radical (unpaired) electrons. The molecule has 0 spiro atoms. The van der Waals surface area contributed by atoms with Gasteiger partial charge in [0.05, 0.1) is 0 Å². The average molecular weight is 263 g/mol. The monoisotopic (exact) mass is 263 g/mol. The fourth-order valence-corrected chi connectivity index (χ4v) is 2.43. The maximum Gasteiger partial charge on any atom is 0.347 e. The highest BCUT2D eigenvalue weighted by atomic mass is 32.1. The molecule has 0 fully saturated rings. The number of hydrogen-bond donors (Lipinski definition) is 1. The number of aryl methyl sites for hydroxylation is 1. The summed E-state index contributed by atoms with van der Waals surface area (Å²) < 4.78 is 1.65. The predicted octanol–water partition coefficient (Wildman–Crippen LogP) is 1.45. The van der Waals surface area contributed by atoms with Crippen molar-refractivity contribution in [3.05, 3.63) is 50.8 Å². The number of hydrogen-bond acceptors (Lipinski definition) is 4. The molecular formula is C13H17N3OS. The lowest BCUT2D eigenvalue weighted by molar-refractivity contribution is 0.576. The van der Waals surface area contributed by atoms with Gasteiger partial charge in [0.2, 0.25) is 0 Å². The predicted molar refractivity (Wildman–Crippen MR) is 74.1 cm³/mol. The summed E-state index contributed by atoms with van der Waals surface area (Å²) in [4.78, 5) is 16.6. The Labute approximate surface area is 110 Å². The van der Waals surface area contributed by atoms with Crippen LogP contribution >= 0.6 is 11.3 Å². The Morgan fingerprint density at radius 3 is 3.11 bits per heavy atom. The van der Waals surface area contributed by atoms with Crippen LogP contribution in [0.5, 0.6) is 0 Å². The van der Waals surface area contributed by atoms with E-state index in [0.29, 0.717) is 6.54 Å². The molecule has 0 aliphatic rings. The van der Waals surface area contributed by atoms with E-state index in [2.05, 4.69) is 27.8 Å². The third-order valence-electron chi connectivity index (χ3n) is 2.64. The highest BCUT2D eigenvalue weighted by Gasteiger charge is 1.97. The van der Waals surface area contributed by atoms with Crippen LogP contribution in [-0.4, -0.2) is 22.6 Å². The van der Waals surface area contributed by atoms with Crippen LogP contribution < -0.4 is 11.0 Å². The molecule has 18 heavy (non-hydrogen) atoms. The summed E-state index contributed by atoms with van der Waals surface area (Å²) in [6.45, 7) is 4.33. The minimum atomic E-state index is -0.180. The van der Waals surface area contributed by atoms with E-state index >= 15 is 0 Å². The van der Waals surface area contributed by atoms with Gasteiger partial charge in [0.25, 0.3) is 0 Å². The SMILES string of the molecule is Cc1cnc(=O)n(CCNCCc2cccs2)c1. The first-order valence-corrected chi connectivity index (χ1v) is 6.90. The van der Waals surface area contributed by atoms with Crippen LogP contribution in [0.15, 0.2) is 34.7 Å². The largest absolute Gasteiger partial charge is 0.347 e. The summed E-state index contributed by atoms with van der Waals surface area (Å²) in [7, 11) is 0. The van der Waals surface area contributed by atoms with Gasteiger partial charge in [-0.2, -0.15) is 0 Å². The van der Waals surface area contributed by atoms with Crippen molar-refractivity contribution in [1.29, 1.82) is 0 Å². The van der Waals surface area contributed by atoms with Crippen molar-refractivity contribution < 1.29 is 0 Å². The Morgan fingerprint density at radius 2 is 2.33 bits per heavy atom. The van der Waals surface area contributed by atoms with Gasteiger partial charge in [0, 0.05) is 36.9 Å². The van der Waals surface area contributed by atoms with Crippen LogP contribution in [0.1, 0.15) is 10.4 Å². The first kappa shape index (κ1) is 13.0. The first-order valence-electron chi connectivity index (χ1n) is 6.02. The Kier molecular flexibility index (Phi) is 4.66. The highest BCUT2D eigenvalue weighted by Crippen LogP contribution is 2.07. The van der Waals surface area contributed by atoms with Crippen molar-refractivity contribution in [3.8, 4) is 0 Å². The molecule has 2 rings (SSSR count). The van der Waals surface area contributed by atoms with E-state index in [4.69, 9.17) is 0 Å². The maximum atomic E-state index is 11.4. The van der Waals surface area contributed by atoms with Gasteiger partial charge in [0.15, 0.2) is 0 Å². The highest BCUT2D eigenvalue weighted by molar-refractivity contribution is 7.09. The molecule has 1 N–H and O–H groups in total. The number of aromatic nitrogens is 2. The molecule has 96 valence electrons. The molecule has 2 aromatic rings. The summed E-state index contributed by atoms with van der Waals surface area (Å²) in [6.07, 6.45) is 4.48. The van der Waals surface area contributed by atoms with E-state index in [1.165, 1.54) is 4.88 Å². The topological polar surface area (TPSA) is 46.9 Å². The Balaban J connectivity index is 1.72. The molecule has 0 bridgehead atoms. The van der Waals surface area contributed by atoms with E-state index in [1.54, 1.807) is 22.1 Å². The van der Waals surface area contributed by atoms with E-state index in [0.717, 1.165) is 25.1 Å². The summed E-state index contributed by atoms with van der Waals surface area (Å²) >= 11 is 1.78. The van der Waals surface area contributed by atoms with Crippen molar-refractivity contribution in [3.63, 3.8) is 0 Å². The lowest BCUT2D eigenvalue weighted by atomic mass is 10.3. The zero-order chi connectivity index (χ0) is 12.8. The normalized spacial score (nSPS) is 10.7. The Morgan fingerprint density at radius 1 is 1.44 bits per heavy atom. The van der Waals surface area contributed by atoms with Gasteiger partial charge in [-0.1, -0.05) is 6.07 Å². The van der Waals surface area contributed by atoms with E-state index in [9.17, 15) is 4.79 Å². The molecule has 0 aromatic carbocycles. The van der Waals surface area contributed by atoms with Crippen LogP contribution in [0.2, 0.25) is 0 Å². The fourth-order valence-electron chi connectivity index (χ4n) is 1.72. The third-order valence-corrected chi connectivity index (χ3v) is 3.58. The number of thiophene rings is 1. The van der Waals surface area contributed by atoms with Crippen LogP contribution in [-0.2, 0) is 13.0 Å². The van der Waals surface area contributed by atoms with Gasteiger partial charge < -0.3 is 5.32 Å². The average Bonchev–Trinajstić information content (AvgIpc) is 2.86. The number of nitrogens with zero attached hydrogens (tertiary/aromatic N) is 2. The summed E-state index contributed by atoms with van der Waals surface area (Å²) in [5.74, 6) is 0. The fraction of sp³-hybridized carbons (Fsp3) is 0.385. The lowest BCUT2D eigenvalue weighted by Crippen LogP contribution is -2.29. The quantitative estimate of drug-likeness (QED) is 0.802. The van der Waals surface area contributed by atoms with Crippen molar-refractivity contribution in [1.82, 2.24) is 14.9 Å². The molecular weight excluding hydrogens is 246 g/mol. The smallest absolute Gasteiger partial charge is 0.315 e. The first-order chi connectivity index (χ1) is 8.75.